The first-order chi connectivity index (χ1) is 13.3. The van der Waals surface area contributed by atoms with Crippen LogP contribution in [0.4, 0.5) is 5.69 Å². The standard InChI is InChI=1S/C18H23N3O6S/c1-2-14-18(24)19-13-10-12(7-8-15(13)27-14)28(25,26)20-16(22)11-21-9-5-3-4-6-17(21)23/h7-8,10,14H,2-6,9,11H2,1H3,(H,19,24)(H,20,22)/t14-/m0/s1. The number of benzene rings is 1. The molecule has 2 aliphatic heterocycles. The lowest BCUT2D eigenvalue weighted by atomic mass is 10.2. The van der Waals surface area contributed by atoms with Gasteiger partial charge in [-0.1, -0.05) is 13.3 Å². The average Bonchev–Trinajstić information content (AvgIpc) is 2.84. The summed E-state index contributed by atoms with van der Waals surface area (Å²) in [5.74, 6) is -0.913. The molecule has 3 rings (SSSR count). The van der Waals surface area contributed by atoms with Crippen LogP contribution >= 0.6 is 0 Å². The fraction of sp³-hybridized carbons (Fsp3) is 0.500. The number of hydrogen-bond donors (Lipinski definition) is 2. The molecule has 0 aromatic heterocycles. The van der Waals surface area contributed by atoms with Crippen LogP contribution in [0, 0.1) is 0 Å². The second-order valence-electron chi connectivity index (χ2n) is 6.82. The molecule has 0 aliphatic carbocycles. The van der Waals surface area contributed by atoms with Crippen LogP contribution in [0.1, 0.15) is 39.0 Å². The van der Waals surface area contributed by atoms with Gasteiger partial charge in [0.2, 0.25) is 5.91 Å². The van der Waals surface area contributed by atoms with E-state index in [0.717, 1.165) is 19.3 Å². The van der Waals surface area contributed by atoms with Crippen molar-refractivity contribution in [3.05, 3.63) is 18.2 Å². The highest BCUT2D eigenvalue weighted by molar-refractivity contribution is 7.90. The SMILES string of the molecule is CC[C@@H]1Oc2ccc(S(=O)(=O)NC(=O)CN3CCCCCC3=O)cc2NC1=O. The maximum atomic E-state index is 12.5. The van der Waals surface area contributed by atoms with Crippen LogP contribution in [-0.4, -0.2) is 50.2 Å². The molecule has 0 spiro atoms. The molecule has 1 fully saturated rings. The van der Waals surface area contributed by atoms with Crippen molar-refractivity contribution in [2.75, 3.05) is 18.4 Å². The van der Waals surface area contributed by atoms with Crippen LogP contribution in [0.15, 0.2) is 23.1 Å². The maximum absolute atomic E-state index is 12.5. The lowest BCUT2D eigenvalue weighted by molar-refractivity contribution is -0.135. The summed E-state index contributed by atoms with van der Waals surface area (Å²) in [7, 11) is -4.15. The molecule has 1 atom stereocenters. The molecule has 1 aromatic carbocycles. The molecule has 2 N–H and O–H groups in total. The molecule has 3 amide bonds. The number of fused-ring (bicyclic) bond motifs is 1. The van der Waals surface area contributed by atoms with Gasteiger partial charge < -0.3 is 15.0 Å². The molecule has 0 bridgehead atoms. The molecular weight excluding hydrogens is 386 g/mol. The Morgan fingerprint density at radius 3 is 2.82 bits per heavy atom. The summed E-state index contributed by atoms with van der Waals surface area (Å²) in [6, 6.07) is 3.98. The minimum absolute atomic E-state index is 0.149. The van der Waals surface area contributed by atoms with Crippen molar-refractivity contribution in [1.29, 1.82) is 0 Å². The second kappa shape index (κ2) is 8.17. The van der Waals surface area contributed by atoms with Gasteiger partial charge in [-0.3, -0.25) is 14.4 Å². The van der Waals surface area contributed by atoms with Crippen LogP contribution < -0.4 is 14.8 Å². The van der Waals surface area contributed by atoms with E-state index < -0.39 is 22.0 Å². The fourth-order valence-corrected chi connectivity index (χ4v) is 4.19. The molecule has 1 saturated heterocycles. The molecule has 1 aromatic rings. The quantitative estimate of drug-likeness (QED) is 0.748. The van der Waals surface area contributed by atoms with Gasteiger partial charge in [0, 0.05) is 13.0 Å². The van der Waals surface area contributed by atoms with Crippen molar-refractivity contribution in [2.24, 2.45) is 0 Å². The third-order valence-electron chi connectivity index (χ3n) is 4.71. The third kappa shape index (κ3) is 4.44. The minimum Gasteiger partial charge on any atom is -0.478 e. The highest BCUT2D eigenvalue weighted by Crippen LogP contribution is 2.32. The predicted octanol–water partition coefficient (Wildman–Crippen LogP) is 1.00. The van der Waals surface area contributed by atoms with Gasteiger partial charge in [-0.2, -0.15) is 0 Å². The van der Waals surface area contributed by atoms with Crippen LogP contribution in [0.2, 0.25) is 0 Å². The normalized spacial score (nSPS) is 19.9. The average molecular weight is 409 g/mol. The first-order valence-electron chi connectivity index (χ1n) is 9.25. The Labute approximate surface area is 163 Å². The van der Waals surface area contributed by atoms with Crippen molar-refractivity contribution in [3.8, 4) is 5.75 Å². The highest BCUT2D eigenvalue weighted by Gasteiger charge is 2.28. The van der Waals surface area contributed by atoms with E-state index in [4.69, 9.17) is 4.74 Å². The molecular formula is C18H23N3O6S. The van der Waals surface area contributed by atoms with Crippen LogP contribution in [-0.2, 0) is 24.4 Å². The Morgan fingerprint density at radius 1 is 1.29 bits per heavy atom. The number of ether oxygens (including phenoxy) is 1. The van der Waals surface area contributed by atoms with E-state index in [1.54, 1.807) is 6.92 Å². The molecule has 2 aliphatic rings. The first-order valence-corrected chi connectivity index (χ1v) is 10.7. The van der Waals surface area contributed by atoms with E-state index in [1.807, 2.05) is 4.72 Å². The van der Waals surface area contributed by atoms with Gasteiger partial charge in [0.05, 0.1) is 10.6 Å². The van der Waals surface area contributed by atoms with Gasteiger partial charge in [-0.05, 0) is 37.5 Å². The van der Waals surface area contributed by atoms with E-state index >= 15 is 0 Å². The number of nitrogens with zero attached hydrogens (tertiary/aromatic N) is 1. The molecule has 0 radical (unpaired) electrons. The third-order valence-corrected chi connectivity index (χ3v) is 6.08. The number of carbonyl (C=O) groups is 3. The molecule has 2 heterocycles. The van der Waals surface area contributed by atoms with Gasteiger partial charge in [0.25, 0.3) is 21.8 Å². The van der Waals surface area contributed by atoms with E-state index in [2.05, 4.69) is 5.32 Å². The summed E-state index contributed by atoms with van der Waals surface area (Å²) in [5, 5.41) is 2.61. The maximum Gasteiger partial charge on any atom is 0.265 e. The highest BCUT2D eigenvalue weighted by atomic mass is 32.2. The summed E-state index contributed by atoms with van der Waals surface area (Å²) in [6.07, 6.45) is 2.69. The molecule has 28 heavy (non-hydrogen) atoms. The Hall–Kier alpha value is -2.62. The van der Waals surface area contributed by atoms with E-state index in [-0.39, 0.29) is 28.9 Å². The number of anilines is 1. The van der Waals surface area contributed by atoms with Gasteiger partial charge in [0.15, 0.2) is 6.10 Å². The minimum atomic E-state index is -4.15. The van der Waals surface area contributed by atoms with Gasteiger partial charge >= 0.3 is 0 Å². The summed E-state index contributed by atoms with van der Waals surface area (Å²) in [5.41, 5.74) is 0.229. The Kier molecular flexibility index (Phi) is 5.87. The van der Waals surface area contributed by atoms with Crippen LogP contribution in [0.3, 0.4) is 0 Å². The Balaban J connectivity index is 1.71. The molecule has 9 nitrogen and oxygen atoms in total. The number of carbonyl (C=O) groups excluding carboxylic acids is 3. The van der Waals surface area contributed by atoms with Crippen molar-refractivity contribution < 1.29 is 27.5 Å². The number of likely N-dealkylation sites (tertiary alicyclic amines) is 1. The summed E-state index contributed by atoms with van der Waals surface area (Å²) < 4.78 is 32.6. The molecule has 0 saturated carbocycles. The number of hydrogen-bond acceptors (Lipinski definition) is 6. The zero-order valence-electron chi connectivity index (χ0n) is 15.6. The largest absolute Gasteiger partial charge is 0.478 e. The lowest BCUT2D eigenvalue weighted by Gasteiger charge is -2.25. The molecule has 0 unspecified atom stereocenters. The van der Waals surface area contributed by atoms with Crippen molar-refractivity contribution in [1.82, 2.24) is 9.62 Å². The van der Waals surface area contributed by atoms with E-state index in [1.165, 1.54) is 23.1 Å². The van der Waals surface area contributed by atoms with Gasteiger partial charge in [-0.15, -0.1) is 0 Å². The summed E-state index contributed by atoms with van der Waals surface area (Å²) in [4.78, 5) is 37.3. The zero-order valence-corrected chi connectivity index (χ0v) is 16.4. The number of sulfonamides is 1. The van der Waals surface area contributed by atoms with Gasteiger partial charge in [-0.25, -0.2) is 13.1 Å². The zero-order chi connectivity index (χ0) is 20.3. The predicted molar refractivity (Wildman–Crippen MR) is 100 cm³/mol. The lowest BCUT2D eigenvalue weighted by Crippen LogP contribution is -2.42. The fourth-order valence-electron chi connectivity index (χ4n) is 3.19. The van der Waals surface area contributed by atoms with Crippen molar-refractivity contribution >= 4 is 33.4 Å². The van der Waals surface area contributed by atoms with E-state index in [0.29, 0.717) is 25.1 Å². The van der Waals surface area contributed by atoms with Crippen molar-refractivity contribution in [3.63, 3.8) is 0 Å². The van der Waals surface area contributed by atoms with Crippen LogP contribution in [0.5, 0.6) is 5.75 Å². The Bertz CT molecular complexity index is 899. The Morgan fingerprint density at radius 2 is 2.07 bits per heavy atom. The second-order valence-corrected chi connectivity index (χ2v) is 8.50. The molecule has 10 heteroatoms. The summed E-state index contributed by atoms with van der Waals surface area (Å²) in [6.45, 7) is 1.94. The molecule has 152 valence electrons. The first kappa shape index (κ1) is 20.1. The van der Waals surface area contributed by atoms with E-state index in [9.17, 15) is 22.8 Å². The van der Waals surface area contributed by atoms with Crippen molar-refractivity contribution in [2.45, 2.75) is 50.0 Å². The number of rotatable bonds is 5. The number of amides is 3. The smallest absolute Gasteiger partial charge is 0.265 e. The monoisotopic (exact) mass is 409 g/mol. The number of nitrogens with one attached hydrogen (secondary N) is 2. The van der Waals surface area contributed by atoms with Gasteiger partial charge in [0.1, 0.15) is 12.3 Å². The topological polar surface area (TPSA) is 122 Å². The van der Waals surface area contributed by atoms with Crippen LogP contribution in [0.25, 0.3) is 0 Å². The summed E-state index contributed by atoms with van der Waals surface area (Å²) >= 11 is 0.